The number of nitro groups is 1. The largest absolute Gasteiger partial charge is 0.507 e. The summed E-state index contributed by atoms with van der Waals surface area (Å²) >= 11 is 1.22. The number of nitrogens with zero attached hydrogens (tertiary/aromatic N) is 1. The number of phenols is 1. The van der Waals surface area contributed by atoms with Gasteiger partial charge >= 0.3 is 5.97 Å². The topological polar surface area (TPSA) is 101 Å². The lowest BCUT2D eigenvalue weighted by Crippen LogP contribution is -2.06. The minimum Gasteiger partial charge on any atom is -0.507 e. The Bertz CT molecular complexity index is 702. The molecule has 0 saturated carbocycles. The highest BCUT2D eigenvalue weighted by molar-refractivity contribution is 7.98. The number of hydrogen-bond donors (Lipinski definition) is 2. The van der Waals surface area contributed by atoms with Crippen molar-refractivity contribution in [2.24, 2.45) is 0 Å². The fourth-order valence-corrected chi connectivity index (χ4v) is 2.78. The van der Waals surface area contributed by atoms with Crippen LogP contribution in [-0.4, -0.2) is 21.1 Å². The van der Waals surface area contributed by atoms with Crippen molar-refractivity contribution in [2.45, 2.75) is 10.6 Å². The first-order chi connectivity index (χ1) is 10.0. The fraction of sp³-hybridized carbons (Fsp3) is 0.0714. The summed E-state index contributed by atoms with van der Waals surface area (Å²) in [5.41, 5.74) is -0.409. The summed E-state index contributed by atoms with van der Waals surface area (Å²) in [6.07, 6.45) is 0. The van der Waals surface area contributed by atoms with E-state index in [0.29, 0.717) is 10.5 Å². The summed E-state index contributed by atoms with van der Waals surface area (Å²) < 4.78 is 0. The molecule has 0 heterocycles. The van der Waals surface area contributed by atoms with E-state index in [1.165, 1.54) is 30.0 Å². The first-order valence-corrected chi connectivity index (χ1v) is 6.89. The maximum Gasteiger partial charge on any atom is 0.343 e. The molecular weight excluding hydrogens is 294 g/mol. The molecule has 0 spiro atoms. The number of phenolic OH excluding ortho intramolecular Hbond substituents is 1. The number of thioether (sulfide) groups is 1. The molecule has 0 radical (unpaired) electrons. The average molecular weight is 305 g/mol. The van der Waals surface area contributed by atoms with Gasteiger partial charge in [-0.1, -0.05) is 24.3 Å². The van der Waals surface area contributed by atoms with Crippen molar-refractivity contribution in [1.29, 1.82) is 0 Å². The molecular formula is C14H11NO5S. The number of nitro benzene ring substituents is 1. The lowest BCUT2D eigenvalue weighted by molar-refractivity contribution is -0.385. The maximum atomic E-state index is 11.3. The Morgan fingerprint density at radius 2 is 1.90 bits per heavy atom. The Morgan fingerprint density at radius 1 is 1.19 bits per heavy atom. The van der Waals surface area contributed by atoms with Crippen molar-refractivity contribution in [3.63, 3.8) is 0 Å². The monoisotopic (exact) mass is 305 g/mol. The van der Waals surface area contributed by atoms with E-state index >= 15 is 0 Å². The van der Waals surface area contributed by atoms with Gasteiger partial charge in [-0.05, 0) is 17.7 Å². The molecule has 2 N–H and O–H groups in total. The van der Waals surface area contributed by atoms with Gasteiger partial charge in [0.15, 0.2) is 0 Å². The summed E-state index contributed by atoms with van der Waals surface area (Å²) in [5.74, 6) is -1.04. The van der Waals surface area contributed by atoms with Crippen LogP contribution in [0.25, 0.3) is 0 Å². The molecule has 0 unspecified atom stereocenters. The second-order valence-electron chi connectivity index (χ2n) is 4.13. The van der Waals surface area contributed by atoms with E-state index in [1.807, 2.05) is 0 Å². The lowest BCUT2D eigenvalue weighted by atomic mass is 10.1. The van der Waals surface area contributed by atoms with Crippen LogP contribution in [0.2, 0.25) is 0 Å². The van der Waals surface area contributed by atoms with Crippen LogP contribution in [0.5, 0.6) is 5.75 Å². The van der Waals surface area contributed by atoms with Gasteiger partial charge in [0.1, 0.15) is 11.3 Å². The van der Waals surface area contributed by atoms with Crippen molar-refractivity contribution in [3.05, 3.63) is 63.7 Å². The minimum absolute atomic E-state index is 0.0878. The SMILES string of the molecule is O=C(O)c1c(CSc2ccccc2O)cccc1[N+](=O)[O-]. The molecule has 0 bridgehead atoms. The number of benzene rings is 2. The fourth-order valence-electron chi connectivity index (χ4n) is 1.84. The Morgan fingerprint density at radius 3 is 2.52 bits per heavy atom. The zero-order valence-corrected chi connectivity index (χ0v) is 11.5. The predicted molar refractivity (Wildman–Crippen MR) is 77.7 cm³/mol. The summed E-state index contributed by atoms with van der Waals surface area (Å²) in [4.78, 5) is 22.0. The summed E-state index contributed by atoms with van der Waals surface area (Å²) in [5, 5.41) is 29.8. The molecule has 0 amide bonds. The van der Waals surface area contributed by atoms with Crippen molar-refractivity contribution in [1.82, 2.24) is 0 Å². The molecule has 108 valence electrons. The molecule has 0 saturated heterocycles. The van der Waals surface area contributed by atoms with Crippen LogP contribution in [0.15, 0.2) is 47.4 Å². The van der Waals surface area contributed by atoms with Gasteiger partial charge in [-0.3, -0.25) is 10.1 Å². The van der Waals surface area contributed by atoms with Crippen LogP contribution < -0.4 is 0 Å². The summed E-state index contributed by atoms with van der Waals surface area (Å²) in [6.45, 7) is 0. The Labute approximate surface area is 124 Å². The van der Waals surface area contributed by atoms with Crippen molar-refractivity contribution in [2.75, 3.05) is 0 Å². The van der Waals surface area contributed by atoms with Gasteiger partial charge in [0.2, 0.25) is 0 Å². The molecule has 0 atom stereocenters. The number of carboxylic acids is 1. The molecule has 0 aliphatic carbocycles. The first-order valence-electron chi connectivity index (χ1n) is 5.91. The highest BCUT2D eigenvalue weighted by atomic mass is 32.2. The number of carbonyl (C=O) groups is 1. The zero-order chi connectivity index (χ0) is 15.4. The third-order valence-corrected chi connectivity index (χ3v) is 3.90. The number of para-hydroxylation sites is 1. The second-order valence-corrected chi connectivity index (χ2v) is 5.15. The highest BCUT2D eigenvalue weighted by Gasteiger charge is 2.23. The second kappa shape index (κ2) is 6.27. The molecule has 6 nitrogen and oxygen atoms in total. The van der Waals surface area contributed by atoms with Crippen LogP contribution in [-0.2, 0) is 5.75 Å². The smallest absolute Gasteiger partial charge is 0.343 e. The van der Waals surface area contributed by atoms with Crippen LogP contribution in [0.3, 0.4) is 0 Å². The van der Waals surface area contributed by atoms with E-state index in [9.17, 15) is 25.1 Å². The average Bonchev–Trinajstić information content (AvgIpc) is 2.45. The standard InChI is InChI=1S/C14H11NO5S/c16-11-6-1-2-7-12(11)21-8-9-4-3-5-10(15(19)20)13(9)14(17)18/h1-7,16H,8H2,(H,17,18). The van der Waals surface area contributed by atoms with Gasteiger partial charge in [-0.2, -0.15) is 0 Å². The molecule has 0 fully saturated rings. The number of rotatable bonds is 5. The number of aromatic carboxylic acids is 1. The summed E-state index contributed by atoms with van der Waals surface area (Å²) in [6, 6.07) is 10.8. The maximum absolute atomic E-state index is 11.3. The van der Waals surface area contributed by atoms with Gasteiger partial charge in [0, 0.05) is 16.7 Å². The minimum atomic E-state index is -1.34. The molecule has 0 aliphatic rings. The van der Waals surface area contributed by atoms with Crippen LogP contribution >= 0.6 is 11.8 Å². The van der Waals surface area contributed by atoms with Crippen molar-refractivity contribution < 1.29 is 19.9 Å². The van der Waals surface area contributed by atoms with E-state index in [1.54, 1.807) is 18.2 Å². The van der Waals surface area contributed by atoms with Gasteiger partial charge in [0.25, 0.3) is 5.69 Å². The Hall–Kier alpha value is -2.54. The van der Waals surface area contributed by atoms with Gasteiger partial charge < -0.3 is 10.2 Å². The van der Waals surface area contributed by atoms with E-state index in [4.69, 9.17) is 0 Å². The molecule has 2 rings (SSSR count). The first kappa shape index (κ1) is 14.9. The zero-order valence-electron chi connectivity index (χ0n) is 10.7. The number of hydrogen-bond acceptors (Lipinski definition) is 5. The van der Waals surface area contributed by atoms with E-state index in [-0.39, 0.29) is 17.1 Å². The Balaban J connectivity index is 2.32. The summed E-state index contributed by atoms with van der Waals surface area (Å²) in [7, 11) is 0. The van der Waals surface area contributed by atoms with Gasteiger partial charge in [-0.15, -0.1) is 11.8 Å². The third-order valence-electron chi connectivity index (χ3n) is 2.79. The highest BCUT2D eigenvalue weighted by Crippen LogP contribution is 2.33. The van der Waals surface area contributed by atoms with Crippen LogP contribution in [0.4, 0.5) is 5.69 Å². The van der Waals surface area contributed by atoms with Gasteiger partial charge in [-0.25, -0.2) is 4.79 Å². The molecule has 7 heteroatoms. The lowest BCUT2D eigenvalue weighted by Gasteiger charge is -2.07. The number of aromatic hydroxyl groups is 1. The molecule has 2 aromatic rings. The van der Waals surface area contributed by atoms with Crippen molar-refractivity contribution >= 4 is 23.4 Å². The molecule has 21 heavy (non-hydrogen) atoms. The Kier molecular flexibility index (Phi) is 4.44. The van der Waals surface area contributed by atoms with Crippen molar-refractivity contribution in [3.8, 4) is 5.75 Å². The molecule has 0 aliphatic heterocycles. The number of carboxylic acid groups (broad SMARTS) is 1. The quantitative estimate of drug-likeness (QED) is 0.499. The van der Waals surface area contributed by atoms with E-state index < -0.39 is 16.6 Å². The van der Waals surface area contributed by atoms with Gasteiger partial charge in [0.05, 0.1) is 4.92 Å². The van der Waals surface area contributed by atoms with E-state index in [0.717, 1.165) is 6.07 Å². The van der Waals surface area contributed by atoms with Crippen LogP contribution in [0, 0.1) is 10.1 Å². The predicted octanol–water partition coefficient (Wildman–Crippen LogP) is 3.29. The molecule has 2 aromatic carbocycles. The third kappa shape index (κ3) is 3.32. The van der Waals surface area contributed by atoms with E-state index in [2.05, 4.69) is 0 Å². The normalized spacial score (nSPS) is 10.3. The molecule has 0 aromatic heterocycles. The van der Waals surface area contributed by atoms with Crippen LogP contribution in [0.1, 0.15) is 15.9 Å².